The molecule has 0 amide bonds. The van der Waals surface area contributed by atoms with Crippen LogP contribution in [0.1, 0.15) is 11.1 Å². The zero-order chi connectivity index (χ0) is 12.2. The number of rotatable bonds is 3. The Kier molecular flexibility index (Phi) is 4.06. The fourth-order valence-electron chi connectivity index (χ4n) is 1.25. The average Bonchev–Trinajstić information content (AvgIpc) is 2.19. The first-order valence-corrected chi connectivity index (χ1v) is 4.63. The van der Waals surface area contributed by atoms with Crippen molar-refractivity contribution < 1.29 is 17.6 Å². The van der Waals surface area contributed by atoms with Gasteiger partial charge in [0, 0.05) is 12.1 Å². The lowest BCUT2D eigenvalue weighted by Crippen LogP contribution is -2.09. The predicted octanol–water partition coefficient (Wildman–Crippen LogP) is 3.08. The van der Waals surface area contributed by atoms with Gasteiger partial charge in [0.15, 0.2) is 0 Å². The van der Waals surface area contributed by atoms with Crippen molar-refractivity contribution in [2.75, 3.05) is 13.6 Å². The van der Waals surface area contributed by atoms with Crippen LogP contribution in [0, 0.1) is 5.82 Å². The minimum Gasteiger partial charge on any atom is -0.316 e. The second-order valence-electron chi connectivity index (χ2n) is 3.16. The highest BCUT2D eigenvalue weighted by Gasteiger charge is 2.33. The van der Waals surface area contributed by atoms with Gasteiger partial charge in [-0.15, -0.1) is 0 Å². The number of halogens is 4. The summed E-state index contributed by atoms with van der Waals surface area (Å²) in [6, 6.07) is 2.92. The highest BCUT2D eigenvalue weighted by molar-refractivity contribution is 5.55. The van der Waals surface area contributed by atoms with Gasteiger partial charge in [0.25, 0.3) is 0 Å². The number of alkyl halides is 3. The van der Waals surface area contributed by atoms with E-state index in [9.17, 15) is 17.6 Å². The fraction of sp³-hybridized carbons (Fsp3) is 0.273. The summed E-state index contributed by atoms with van der Waals surface area (Å²) < 4.78 is 50.8. The SMILES string of the molecule is CNCC=Cc1c(F)cccc1C(F)(F)F. The summed E-state index contributed by atoms with van der Waals surface area (Å²) in [6.07, 6.45) is -1.97. The first-order chi connectivity index (χ1) is 7.46. The molecule has 0 heterocycles. The molecule has 0 bridgehead atoms. The minimum absolute atomic E-state index is 0.381. The van der Waals surface area contributed by atoms with Gasteiger partial charge < -0.3 is 5.32 Å². The largest absolute Gasteiger partial charge is 0.417 e. The van der Waals surface area contributed by atoms with Gasteiger partial charge in [0.1, 0.15) is 5.82 Å². The van der Waals surface area contributed by atoms with E-state index in [0.29, 0.717) is 6.54 Å². The number of nitrogens with one attached hydrogen (secondary N) is 1. The highest BCUT2D eigenvalue weighted by Crippen LogP contribution is 2.33. The smallest absolute Gasteiger partial charge is 0.316 e. The monoisotopic (exact) mass is 233 g/mol. The van der Waals surface area contributed by atoms with Crippen LogP contribution in [0.3, 0.4) is 0 Å². The van der Waals surface area contributed by atoms with Crippen LogP contribution in [0.15, 0.2) is 24.3 Å². The van der Waals surface area contributed by atoms with Gasteiger partial charge in [-0.3, -0.25) is 0 Å². The third kappa shape index (κ3) is 3.06. The lowest BCUT2D eigenvalue weighted by atomic mass is 10.1. The fourth-order valence-corrected chi connectivity index (χ4v) is 1.25. The van der Waals surface area contributed by atoms with Crippen LogP contribution in [0.25, 0.3) is 6.08 Å². The molecule has 0 aliphatic rings. The molecule has 0 unspecified atom stereocenters. The Labute approximate surface area is 90.8 Å². The van der Waals surface area contributed by atoms with Crippen molar-refractivity contribution in [2.45, 2.75) is 6.18 Å². The van der Waals surface area contributed by atoms with Gasteiger partial charge in [-0.2, -0.15) is 13.2 Å². The van der Waals surface area contributed by atoms with E-state index in [1.165, 1.54) is 6.08 Å². The lowest BCUT2D eigenvalue weighted by molar-refractivity contribution is -0.137. The molecule has 0 aliphatic heterocycles. The summed E-state index contributed by atoms with van der Waals surface area (Å²) in [4.78, 5) is 0. The normalized spacial score (nSPS) is 12.3. The molecule has 16 heavy (non-hydrogen) atoms. The molecule has 0 saturated carbocycles. The van der Waals surface area contributed by atoms with E-state index in [-0.39, 0.29) is 0 Å². The van der Waals surface area contributed by atoms with Crippen molar-refractivity contribution in [1.82, 2.24) is 5.32 Å². The average molecular weight is 233 g/mol. The van der Waals surface area contributed by atoms with Crippen LogP contribution in [0.5, 0.6) is 0 Å². The first kappa shape index (κ1) is 12.7. The van der Waals surface area contributed by atoms with Gasteiger partial charge in [-0.05, 0) is 19.2 Å². The second-order valence-corrected chi connectivity index (χ2v) is 3.16. The summed E-state index contributed by atoms with van der Waals surface area (Å²) in [5, 5.41) is 2.73. The zero-order valence-electron chi connectivity index (χ0n) is 8.61. The lowest BCUT2D eigenvalue weighted by Gasteiger charge is -2.10. The van der Waals surface area contributed by atoms with E-state index >= 15 is 0 Å². The Morgan fingerprint density at radius 3 is 2.56 bits per heavy atom. The van der Waals surface area contributed by atoms with Gasteiger partial charge in [0.2, 0.25) is 0 Å². The van der Waals surface area contributed by atoms with Gasteiger partial charge >= 0.3 is 6.18 Å². The van der Waals surface area contributed by atoms with Crippen molar-refractivity contribution in [3.63, 3.8) is 0 Å². The van der Waals surface area contributed by atoms with Gasteiger partial charge in [-0.25, -0.2) is 4.39 Å². The van der Waals surface area contributed by atoms with E-state index in [4.69, 9.17) is 0 Å². The van der Waals surface area contributed by atoms with Crippen LogP contribution in [-0.4, -0.2) is 13.6 Å². The summed E-state index contributed by atoms with van der Waals surface area (Å²) in [6.45, 7) is 0.381. The van der Waals surface area contributed by atoms with Crippen molar-refractivity contribution in [3.05, 3.63) is 41.2 Å². The molecule has 0 radical (unpaired) electrons. The van der Waals surface area contributed by atoms with Crippen LogP contribution < -0.4 is 5.32 Å². The van der Waals surface area contributed by atoms with E-state index in [2.05, 4.69) is 5.32 Å². The summed E-state index contributed by atoms with van der Waals surface area (Å²) in [7, 11) is 1.65. The van der Waals surface area contributed by atoms with Crippen LogP contribution in [0.2, 0.25) is 0 Å². The molecule has 0 aliphatic carbocycles. The van der Waals surface area contributed by atoms with Crippen LogP contribution in [0.4, 0.5) is 17.6 Å². The number of benzene rings is 1. The molecule has 88 valence electrons. The van der Waals surface area contributed by atoms with E-state index in [0.717, 1.165) is 24.3 Å². The van der Waals surface area contributed by atoms with Crippen molar-refractivity contribution >= 4 is 6.08 Å². The van der Waals surface area contributed by atoms with Crippen molar-refractivity contribution in [3.8, 4) is 0 Å². The molecular weight excluding hydrogens is 222 g/mol. The van der Waals surface area contributed by atoms with Gasteiger partial charge in [-0.1, -0.05) is 18.2 Å². The van der Waals surface area contributed by atoms with E-state index in [1.807, 2.05) is 0 Å². The molecule has 5 heteroatoms. The standard InChI is InChI=1S/C11H11F4N/c1-16-7-3-4-8-9(11(13,14)15)5-2-6-10(8)12/h2-6,16H,7H2,1H3. The van der Waals surface area contributed by atoms with Crippen LogP contribution >= 0.6 is 0 Å². The molecule has 1 N–H and O–H groups in total. The Hall–Kier alpha value is -1.36. The minimum atomic E-state index is -4.54. The highest BCUT2D eigenvalue weighted by atomic mass is 19.4. The number of hydrogen-bond acceptors (Lipinski definition) is 1. The molecule has 0 aromatic heterocycles. The second kappa shape index (κ2) is 5.12. The summed E-state index contributed by atoms with van der Waals surface area (Å²) in [5.41, 5.74) is -1.38. The topological polar surface area (TPSA) is 12.0 Å². The van der Waals surface area contributed by atoms with Crippen LogP contribution in [-0.2, 0) is 6.18 Å². The molecule has 1 aromatic rings. The predicted molar refractivity (Wildman–Crippen MR) is 54.4 cm³/mol. The Morgan fingerprint density at radius 2 is 2.00 bits per heavy atom. The molecule has 0 fully saturated rings. The molecular formula is C11H11F4N. The third-order valence-electron chi connectivity index (χ3n) is 1.96. The number of likely N-dealkylation sites (N-methyl/N-ethyl adjacent to an activating group) is 1. The maximum absolute atomic E-state index is 13.2. The Bertz CT molecular complexity index is 382. The van der Waals surface area contributed by atoms with Crippen molar-refractivity contribution in [1.29, 1.82) is 0 Å². The number of hydrogen-bond donors (Lipinski definition) is 1. The van der Waals surface area contributed by atoms with Crippen molar-refractivity contribution in [2.24, 2.45) is 0 Å². The zero-order valence-corrected chi connectivity index (χ0v) is 8.61. The molecule has 0 atom stereocenters. The molecule has 1 aromatic carbocycles. The third-order valence-corrected chi connectivity index (χ3v) is 1.96. The molecule has 0 spiro atoms. The maximum Gasteiger partial charge on any atom is 0.417 e. The quantitative estimate of drug-likeness (QED) is 0.791. The first-order valence-electron chi connectivity index (χ1n) is 4.63. The Balaban J connectivity index is 3.14. The molecule has 0 saturated heterocycles. The molecule has 1 nitrogen and oxygen atoms in total. The molecule has 1 rings (SSSR count). The van der Waals surface area contributed by atoms with Gasteiger partial charge in [0.05, 0.1) is 5.56 Å². The maximum atomic E-state index is 13.2. The van der Waals surface area contributed by atoms with E-state index in [1.54, 1.807) is 7.05 Å². The van der Waals surface area contributed by atoms with E-state index < -0.39 is 23.1 Å². The summed E-state index contributed by atoms with van der Waals surface area (Å²) in [5.74, 6) is -0.873. The summed E-state index contributed by atoms with van der Waals surface area (Å²) >= 11 is 0. The Morgan fingerprint density at radius 1 is 1.31 bits per heavy atom.